The molecular weight excluding hydrogens is 286 g/mol. The van der Waals surface area contributed by atoms with Gasteiger partial charge in [0, 0.05) is 11.4 Å². The van der Waals surface area contributed by atoms with E-state index in [-0.39, 0.29) is 5.09 Å². The van der Waals surface area contributed by atoms with Crippen LogP contribution in [-0.4, -0.2) is 20.4 Å². The second-order valence-corrected chi connectivity index (χ2v) is 6.65. The van der Waals surface area contributed by atoms with Crippen molar-refractivity contribution in [1.82, 2.24) is 15.0 Å². The highest BCUT2D eigenvalue weighted by Crippen LogP contribution is 2.14. The Kier molecular flexibility index (Phi) is 4.35. The van der Waals surface area contributed by atoms with Gasteiger partial charge in [-0.15, -0.1) is 11.3 Å². The number of thiazole rings is 1. The van der Waals surface area contributed by atoms with Crippen LogP contribution in [0.15, 0.2) is 27.2 Å². The van der Waals surface area contributed by atoms with Gasteiger partial charge in [-0.25, -0.2) is 18.1 Å². The van der Waals surface area contributed by atoms with Crippen LogP contribution in [0.2, 0.25) is 0 Å². The molecule has 6 nitrogen and oxygen atoms in total. The maximum absolute atomic E-state index is 11.5. The molecule has 0 aliphatic heterocycles. The van der Waals surface area contributed by atoms with Gasteiger partial charge in [-0.2, -0.15) is 0 Å². The van der Waals surface area contributed by atoms with Crippen molar-refractivity contribution >= 4 is 21.4 Å². The van der Waals surface area contributed by atoms with Gasteiger partial charge in [0.05, 0.1) is 17.7 Å². The number of rotatable bonds is 6. The molecule has 19 heavy (non-hydrogen) atoms. The molecule has 0 saturated carbocycles. The van der Waals surface area contributed by atoms with Crippen LogP contribution in [0.3, 0.4) is 0 Å². The second-order valence-electron chi connectivity index (χ2n) is 3.89. The molecule has 0 amide bonds. The Labute approximate surface area is 115 Å². The summed E-state index contributed by atoms with van der Waals surface area (Å²) < 4.78 is 30.4. The molecule has 0 aliphatic carbocycles. The number of aryl methyl sites for hydroxylation is 1. The van der Waals surface area contributed by atoms with E-state index >= 15 is 0 Å². The van der Waals surface area contributed by atoms with Gasteiger partial charge in [0.2, 0.25) is 5.09 Å². The molecule has 0 atom stereocenters. The average Bonchev–Trinajstić information content (AvgIpc) is 3.00. The van der Waals surface area contributed by atoms with Crippen molar-refractivity contribution in [2.45, 2.75) is 25.1 Å². The van der Waals surface area contributed by atoms with Crippen molar-refractivity contribution in [2.24, 2.45) is 0 Å². The summed E-state index contributed by atoms with van der Waals surface area (Å²) in [6.07, 6.45) is 0. The number of furan rings is 1. The van der Waals surface area contributed by atoms with Crippen molar-refractivity contribution in [3.8, 4) is 0 Å². The largest absolute Gasteiger partial charge is 0.447 e. The van der Waals surface area contributed by atoms with Crippen LogP contribution < -0.4 is 10.0 Å². The van der Waals surface area contributed by atoms with Gasteiger partial charge in [-0.1, -0.05) is 0 Å². The molecule has 2 rings (SSSR count). The summed E-state index contributed by atoms with van der Waals surface area (Å²) in [6.45, 7) is 3.11. The topological polar surface area (TPSA) is 84.2 Å². The Morgan fingerprint density at radius 1 is 1.37 bits per heavy atom. The van der Waals surface area contributed by atoms with E-state index in [1.807, 2.05) is 6.92 Å². The third kappa shape index (κ3) is 3.41. The van der Waals surface area contributed by atoms with Gasteiger partial charge in [0.25, 0.3) is 10.0 Å². The molecule has 2 heterocycles. The van der Waals surface area contributed by atoms with Gasteiger partial charge in [-0.3, -0.25) is 0 Å². The lowest BCUT2D eigenvalue weighted by atomic mass is 10.4. The van der Waals surface area contributed by atoms with Gasteiger partial charge in [-0.05, 0) is 26.1 Å². The maximum atomic E-state index is 11.5. The summed E-state index contributed by atoms with van der Waals surface area (Å²) in [5, 5.41) is 3.12. The van der Waals surface area contributed by atoms with Crippen LogP contribution >= 0.6 is 11.3 Å². The second kappa shape index (κ2) is 5.83. The monoisotopic (exact) mass is 301 g/mol. The fourth-order valence-corrected chi connectivity index (χ4v) is 2.91. The summed E-state index contributed by atoms with van der Waals surface area (Å²) in [6, 6.07) is 3.09. The standard InChI is InChI=1S/C11H15N3O3S2/c1-8-10(18-7-14-8)6-13-5-9-3-4-11(17-9)19(15,16)12-2/h3-4,7,12-13H,5-6H2,1-2H3. The van der Waals surface area contributed by atoms with E-state index in [1.165, 1.54) is 13.1 Å². The van der Waals surface area contributed by atoms with Gasteiger partial charge in [0.1, 0.15) is 5.76 Å². The third-order valence-corrected chi connectivity index (χ3v) is 4.82. The Bertz CT molecular complexity index is 646. The molecular formula is C11H15N3O3S2. The number of hydrogen-bond donors (Lipinski definition) is 2. The Balaban J connectivity index is 1.93. The van der Waals surface area contributed by atoms with Crippen LogP contribution in [0.25, 0.3) is 0 Å². The van der Waals surface area contributed by atoms with Crippen LogP contribution in [0, 0.1) is 6.92 Å². The van der Waals surface area contributed by atoms with Crippen molar-refractivity contribution in [1.29, 1.82) is 0 Å². The van der Waals surface area contributed by atoms with Crippen LogP contribution in [0.4, 0.5) is 0 Å². The minimum absolute atomic E-state index is 0.0687. The summed E-state index contributed by atoms with van der Waals surface area (Å²) in [4.78, 5) is 5.32. The zero-order valence-electron chi connectivity index (χ0n) is 10.6. The summed E-state index contributed by atoms with van der Waals surface area (Å²) in [5.41, 5.74) is 2.81. The molecule has 8 heteroatoms. The number of nitrogens with zero attached hydrogens (tertiary/aromatic N) is 1. The van der Waals surface area contributed by atoms with E-state index in [0.717, 1.165) is 10.6 Å². The first-order valence-electron chi connectivity index (χ1n) is 5.65. The van der Waals surface area contributed by atoms with E-state index < -0.39 is 10.0 Å². The summed E-state index contributed by atoms with van der Waals surface area (Å²) in [7, 11) is -2.16. The molecule has 104 valence electrons. The highest BCUT2D eigenvalue weighted by molar-refractivity contribution is 7.89. The normalized spacial score (nSPS) is 11.9. The number of sulfonamides is 1. The van der Waals surface area contributed by atoms with Gasteiger partial charge in [0.15, 0.2) is 0 Å². The molecule has 0 aromatic carbocycles. The van der Waals surface area contributed by atoms with Crippen molar-refractivity contribution in [3.05, 3.63) is 34.0 Å². The Morgan fingerprint density at radius 2 is 2.16 bits per heavy atom. The predicted molar refractivity (Wildman–Crippen MR) is 72.3 cm³/mol. The third-order valence-electron chi connectivity index (χ3n) is 2.60. The molecule has 0 fully saturated rings. The van der Waals surface area contributed by atoms with Gasteiger partial charge < -0.3 is 9.73 Å². The lowest BCUT2D eigenvalue weighted by molar-refractivity contribution is 0.400. The van der Waals surface area contributed by atoms with Crippen molar-refractivity contribution < 1.29 is 12.8 Å². The average molecular weight is 301 g/mol. The molecule has 2 aromatic rings. The molecule has 0 aliphatic rings. The molecule has 2 N–H and O–H groups in total. The Morgan fingerprint density at radius 3 is 2.79 bits per heavy atom. The number of aromatic nitrogens is 1. The summed E-state index contributed by atoms with van der Waals surface area (Å²) >= 11 is 1.59. The van der Waals surface area contributed by atoms with E-state index in [2.05, 4.69) is 15.0 Å². The zero-order valence-corrected chi connectivity index (χ0v) is 12.3. The number of nitrogens with one attached hydrogen (secondary N) is 2. The first-order valence-corrected chi connectivity index (χ1v) is 8.01. The molecule has 2 aromatic heterocycles. The van der Waals surface area contributed by atoms with Crippen LogP contribution in [0.5, 0.6) is 0 Å². The lowest BCUT2D eigenvalue weighted by Crippen LogP contribution is -2.17. The molecule has 0 bridgehead atoms. The highest BCUT2D eigenvalue weighted by atomic mass is 32.2. The Hall–Kier alpha value is -1.22. The van der Waals surface area contributed by atoms with Crippen molar-refractivity contribution in [3.63, 3.8) is 0 Å². The first-order chi connectivity index (χ1) is 9.03. The maximum Gasteiger partial charge on any atom is 0.273 e. The van der Waals surface area contributed by atoms with Gasteiger partial charge >= 0.3 is 0 Å². The van der Waals surface area contributed by atoms with E-state index in [4.69, 9.17) is 4.42 Å². The SMILES string of the molecule is CNS(=O)(=O)c1ccc(CNCc2scnc2C)o1. The summed E-state index contributed by atoms with van der Waals surface area (Å²) in [5.74, 6) is 0.580. The molecule has 0 saturated heterocycles. The molecule has 0 spiro atoms. The van der Waals surface area contributed by atoms with E-state index in [1.54, 1.807) is 22.9 Å². The highest BCUT2D eigenvalue weighted by Gasteiger charge is 2.16. The first kappa shape index (κ1) is 14.2. The smallest absolute Gasteiger partial charge is 0.273 e. The van der Waals surface area contributed by atoms with Crippen LogP contribution in [-0.2, 0) is 23.1 Å². The fraction of sp³-hybridized carbons (Fsp3) is 0.364. The zero-order chi connectivity index (χ0) is 13.9. The number of hydrogen-bond acceptors (Lipinski definition) is 6. The van der Waals surface area contributed by atoms with Crippen molar-refractivity contribution in [2.75, 3.05) is 7.05 Å². The van der Waals surface area contributed by atoms with E-state index in [0.29, 0.717) is 18.8 Å². The minimum atomic E-state index is -3.50. The minimum Gasteiger partial charge on any atom is -0.447 e. The molecule has 0 radical (unpaired) electrons. The lowest BCUT2D eigenvalue weighted by Gasteiger charge is -2.01. The molecule has 0 unspecified atom stereocenters. The quantitative estimate of drug-likeness (QED) is 0.838. The fourth-order valence-electron chi connectivity index (χ4n) is 1.49. The predicted octanol–water partition coefficient (Wildman–Crippen LogP) is 1.24. The van der Waals surface area contributed by atoms with E-state index in [9.17, 15) is 8.42 Å². The van der Waals surface area contributed by atoms with Crippen LogP contribution in [0.1, 0.15) is 16.3 Å².